The lowest BCUT2D eigenvalue weighted by Gasteiger charge is -2.08. The predicted octanol–water partition coefficient (Wildman–Crippen LogP) is 3.18. The molecule has 1 aromatic heterocycles. The minimum atomic E-state index is -0.0534. The van der Waals surface area contributed by atoms with Crippen LogP contribution < -0.4 is 4.74 Å². The lowest BCUT2D eigenvalue weighted by Crippen LogP contribution is -2.02. The van der Waals surface area contributed by atoms with Gasteiger partial charge < -0.3 is 9.15 Å². The zero-order valence-corrected chi connectivity index (χ0v) is 12.2. The van der Waals surface area contributed by atoms with Crippen LogP contribution in [-0.2, 0) is 13.0 Å². The molecule has 6 heteroatoms. The van der Waals surface area contributed by atoms with Crippen molar-refractivity contribution in [3.05, 3.63) is 40.0 Å². The number of carbonyl (C=O) groups excluding carboxylic acids is 1. The molecule has 0 spiro atoms. The second kappa shape index (κ2) is 5.97. The summed E-state index contributed by atoms with van der Waals surface area (Å²) < 4.78 is 11.8. The number of hydrogen-bond acceptors (Lipinski definition) is 5. The van der Waals surface area contributed by atoms with Crippen LogP contribution in [0.25, 0.3) is 0 Å². The lowest BCUT2D eigenvalue weighted by atomic mass is 10.1. The molecule has 0 bridgehead atoms. The van der Waals surface area contributed by atoms with Crippen LogP contribution in [0.3, 0.4) is 0 Å². The first-order valence-electron chi connectivity index (χ1n) is 5.84. The number of Topliss-reactive ketones (excluding diaryl/α,β-unsaturated/α-hetero) is 1. The third-order valence-electron chi connectivity index (χ3n) is 2.49. The van der Waals surface area contributed by atoms with E-state index in [0.29, 0.717) is 29.5 Å². The Morgan fingerprint density at radius 1 is 1.37 bits per heavy atom. The van der Waals surface area contributed by atoms with Crippen LogP contribution in [0.15, 0.2) is 27.1 Å². The second-order valence-corrected chi connectivity index (χ2v) is 4.84. The molecule has 0 fully saturated rings. The molecule has 19 heavy (non-hydrogen) atoms. The van der Waals surface area contributed by atoms with Crippen molar-refractivity contribution in [2.45, 2.75) is 26.9 Å². The van der Waals surface area contributed by atoms with Gasteiger partial charge in [-0.05, 0) is 25.1 Å². The van der Waals surface area contributed by atoms with Crippen LogP contribution in [0.5, 0.6) is 5.75 Å². The van der Waals surface area contributed by atoms with Crippen molar-refractivity contribution < 1.29 is 13.9 Å². The standard InChI is InChI=1S/C13H13BrN2O3/c1-3-12-15-16-13(19-12)7-18-11-6-9(14)4-5-10(11)8(2)17/h4-6H,3,7H2,1-2H3. The van der Waals surface area contributed by atoms with E-state index in [4.69, 9.17) is 9.15 Å². The van der Waals surface area contributed by atoms with Gasteiger partial charge in [-0.1, -0.05) is 22.9 Å². The first kappa shape index (κ1) is 13.7. The fraction of sp³-hybridized carbons (Fsp3) is 0.308. The summed E-state index contributed by atoms with van der Waals surface area (Å²) in [6, 6.07) is 5.26. The Balaban J connectivity index is 2.14. The van der Waals surface area contributed by atoms with Gasteiger partial charge in [0.05, 0.1) is 5.56 Å². The summed E-state index contributed by atoms with van der Waals surface area (Å²) in [5.74, 6) is 1.41. The Kier molecular flexibility index (Phi) is 4.31. The molecule has 0 atom stereocenters. The van der Waals surface area contributed by atoms with E-state index in [0.717, 1.165) is 4.47 Å². The molecule has 0 radical (unpaired) electrons. The number of benzene rings is 1. The summed E-state index contributed by atoms with van der Waals surface area (Å²) in [4.78, 5) is 11.5. The van der Waals surface area contributed by atoms with Gasteiger partial charge in [-0.2, -0.15) is 0 Å². The Labute approximate surface area is 119 Å². The number of aromatic nitrogens is 2. The van der Waals surface area contributed by atoms with Crippen LogP contribution >= 0.6 is 15.9 Å². The quantitative estimate of drug-likeness (QED) is 0.790. The van der Waals surface area contributed by atoms with E-state index in [2.05, 4.69) is 26.1 Å². The molecule has 2 aromatic rings. The van der Waals surface area contributed by atoms with Gasteiger partial charge in [0.25, 0.3) is 5.89 Å². The van der Waals surface area contributed by atoms with E-state index in [1.54, 1.807) is 18.2 Å². The van der Waals surface area contributed by atoms with Crippen molar-refractivity contribution in [1.29, 1.82) is 0 Å². The van der Waals surface area contributed by atoms with Gasteiger partial charge >= 0.3 is 0 Å². The van der Waals surface area contributed by atoms with E-state index in [-0.39, 0.29) is 12.4 Å². The van der Waals surface area contributed by atoms with Crippen molar-refractivity contribution in [1.82, 2.24) is 10.2 Å². The zero-order chi connectivity index (χ0) is 13.8. The second-order valence-electron chi connectivity index (χ2n) is 3.93. The largest absolute Gasteiger partial charge is 0.483 e. The van der Waals surface area contributed by atoms with E-state index in [1.807, 2.05) is 6.92 Å². The third-order valence-corrected chi connectivity index (χ3v) is 2.98. The number of ketones is 1. The number of nitrogens with zero attached hydrogens (tertiary/aromatic N) is 2. The van der Waals surface area contributed by atoms with Crippen LogP contribution in [0.2, 0.25) is 0 Å². The highest BCUT2D eigenvalue weighted by atomic mass is 79.9. The number of rotatable bonds is 5. The number of aryl methyl sites for hydroxylation is 1. The summed E-state index contributed by atoms with van der Waals surface area (Å²) in [6.45, 7) is 3.57. The number of ether oxygens (including phenoxy) is 1. The summed E-state index contributed by atoms with van der Waals surface area (Å²) in [5.41, 5.74) is 0.526. The molecule has 0 saturated heterocycles. The lowest BCUT2D eigenvalue weighted by molar-refractivity contribution is 0.101. The molecule has 0 unspecified atom stereocenters. The van der Waals surface area contributed by atoms with E-state index in [9.17, 15) is 4.79 Å². The van der Waals surface area contributed by atoms with Gasteiger partial charge in [0.1, 0.15) is 5.75 Å². The van der Waals surface area contributed by atoms with Gasteiger partial charge in [-0.25, -0.2) is 0 Å². The van der Waals surface area contributed by atoms with Crippen LogP contribution in [0.4, 0.5) is 0 Å². The maximum atomic E-state index is 11.5. The molecular weight excluding hydrogens is 312 g/mol. The average molecular weight is 325 g/mol. The minimum absolute atomic E-state index is 0.0534. The number of carbonyl (C=O) groups is 1. The van der Waals surface area contributed by atoms with Crippen molar-refractivity contribution in [2.75, 3.05) is 0 Å². The Bertz CT molecular complexity index is 595. The molecule has 0 N–H and O–H groups in total. The van der Waals surface area contributed by atoms with Crippen LogP contribution in [0.1, 0.15) is 36.0 Å². The van der Waals surface area contributed by atoms with Crippen molar-refractivity contribution in [2.24, 2.45) is 0 Å². The molecule has 0 aliphatic carbocycles. The molecule has 1 aromatic carbocycles. The molecule has 100 valence electrons. The van der Waals surface area contributed by atoms with Gasteiger partial charge in [-0.3, -0.25) is 4.79 Å². The topological polar surface area (TPSA) is 65.2 Å². The molecule has 0 aliphatic heterocycles. The minimum Gasteiger partial charge on any atom is -0.483 e. The molecule has 2 rings (SSSR count). The Morgan fingerprint density at radius 3 is 2.74 bits per heavy atom. The SMILES string of the molecule is CCc1nnc(COc2cc(Br)ccc2C(C)=O)o1. The maximum absolute atomic E-state index is 11.5. The normalized spacial score (nSPS) is 10.5. The van der Waals surface area contributed by atoms with Gasteiger partial charge in [0.2, 0.25) is 5.89 Å². The highest BCUT2D eigenvalue weighted by Crippen LogP contribution is 2.25. The molecule has 1 heterocycles. The highest BCUT2D eigenvalue weighted by molar-refractivity contribution is 9.10. The Hall–Kier alpha value is -1.69. The van der Waals surface area contributed by atoms with Crippen LogP contribution in [-0.4, -0.2) is 16.0 Å². The van der Waals surface area contributed by atoms with Gasteiger partial charge in [-0.15, -0.1) is 10.2 Å². The predicted molar refractivity (Wildman–Crippen MR) is 72.2 cm³/mol. The Morgan fingerprint density at radius 2 is 2.11 bits per heavy atom. The van der Waals surface area contributed by atoms with Crippen molar-refractivity contribution in [3.63, 3.8) is 0 Å². The summed E-state index contributed by atoms with van der Waals surface area (Å²) >= 11 is 3.34. The average Bonchev–Trinajstić information content (AvgIpc) is 2.84. The van der Waals surface area contributed by atoms with Crippen LogP contribution in [0, 0.1) is 0 Å². The first-order valence-corrected chi connectivity index (χ1v) is 6.64. The van der Waals surface area contributed by atoms with Gasteiger partial charge in [0.15, 0.2) is 12.4 Å². The van der Waals surface area contributed by atoms with E-state index >= 15 is 0 Å². The smallest absolute Gasteiger partial charge is 0.253 e. The van der Waals surface area contributed by atoms with Crippen molar-refractivity contribution >= 4 is 21.7 Å². The molecule has 0 aliphatic rings. The monoisotopic (exact) mass is 324 g/mol. The first-order chi connectivity index (χ1) is 9.10. The zero-order valence-electron chi connectivity index (χ0n) is 10.6. The summed E-state index contributed by atoms with van der Waals surface area (Å²) in [6.07, 6.45) is 0.683. The van der Waals surface area contributed by atoms with E-state index in [1.165, 1.54) is 6.92 Å². The summed E-state index contributed by atoms with van der Waals surface area (Å²) in [7, 11) is 0. The van der Waals surface area contributed by atoms with Crippen molar-refractivity contribution in [3.8, 4) is 5.75 Å². The third kappa shape index (κ3) is 3.41. The molecule has 0 saturated carbocycles. The molecule has 0 amide bonds. The maximum Gasteiger partial charge on any atom is 0.253 e. The molecular formula is C13H13BrN2O3. The fourth-order valence-corrected chi connectivity index (χ4v) is 1.88. The fourth-order valence-electron chi connectivity index (χ4n) is 1.54. The molecule has 5 nitrogen and oxygen atoms in total. The van der Waals surface area contributed by atoms with Gasteiger partial charge in [0, 0.05) is 10.9 Å². The van der Waals surface area contributed by atoms with E-state index < -0.39 is 0 Å². The number of hydrogen-bond donors (Lipinski definition) is 0. The highest BCUT2D eigenvalue weighted by Gasteiger charge is 2.11. The summed E-state index contributed by atoms with van der Waals surface area (Å²) in [5, 5.41) is 7.71. The number of halogens is 1.